The Kier molecular flexibility index (Phi) is 6.05. The SMILES string of the molecule is CC(C)(C)c1ccc(C2c3sc(=O)n(CC(=O)Nc4ccc5ccccc5c4)c3SC3C4CCC(C4)C23)cc1. The molecular formula is C33H34N2O2S2. The van der Waals surface area contributed by atoms with E-state index in [9.17, 15) is 9.59 Å². The van der Waals surface area contributed by atoms with Gasteiger partial charge in [-0.2, -0.15) is 0 Å². The van der Waals surface area contributed by atoms with Crippen molar-refractivity contribution in [2.24, 2.45) is 17.8 Å². The molecular weight excluding hydrogens is 521 g/mol. The van der Waals surface area contributed by atoms with Crippen LogP contribution in [0.3, 0.4) is 0 Å². The van der Waals surface area contributed by atoms with Crippen molar-refractivity contribution in [1.29, 1.82) is 0 Å². The first-order valence-electron chi connectivity index (χ1n) is 14.1. The molecule has 1 N–H and O–H groups in total. The lowest BCUT2D eigenvalue weighted by atomic mass is 9.74. The summed E-state index contributed by atoms with van der Waals surface area (Å²) in [6.45, 7) is 6.79. The van der Waals surface area contributed by atoms with Gasteiger partial charge >= 0.3 is 4.87 Å². The van der Waals surface area contributed by atoms with Gasteiger partial charge < -0.3 is 5.32 Å². The fraction of sp³-hybridized carbons (Fsp3) is 0.394. The highest BCUT2D eigenvalue weighted by Crippen LogP contribution is 2.64. The van der Waals surface area contributed by atoms with E-state index in [0.717, 1.165) is 27.4 Å². The molecule has 2 fully saturated rings. The Hall–Kier alpha value is -2.83. The van der Waals surface area contributed by atoms with Gasteiger partial charge in [0.2, 0.25) is 5.91 Å². The van der Waals surface area contributed by atoms with E-state index >= 15 is 0 Å². The standard InChI is InChI=1S/C33H34N2O2S2/c1-33(2,3)24-13-10-20(11-14-24)27-28-22-8-9-23(16-22)29(28)38-31-30(27)39-32(37)35(31)18-26(36)34-25-15-12-19-6-4-5-7-21(19)17-25/h4-7,10-15,17,22-23,27-29H,8-9,16,18H2,1-3H3,(H,34,36). The molecule has 5 atom stereocenters. The Morgan fingerprint density at radius 3 is 2.49 bits per heavy atom. The Morgan fingerprint density at radius 1 is 0.974 bits per heavy atom. The van der Waals surface area contributed by atoms with E-state index in [0.29, 0.717) is 17.1 Å². The zero-order chi connectivity index (χ0) is 26.9. The first-order chi connectivity index (χ1) is 18.8. The number of amides is 1. The van der Waals surface area contributed by atoms with E-state index in [1.165, 1.54) is 46.6 Å². The van der Waals surface area contributed by atoms with Gasteiger partial charge in [0.15, 0.2) is 0 Å². The molecule has 4 aromatic rings. The number of hydrogen-bond donors (Lipinski definition) is 1. The number of fused-ring (bicyclic) bond motifs is 7. The van der Waals surface area contributed by atoms with Gasteiger partial charge in [0.25, 0.3) is 0 Å². The highest BCUT2D eigenvalue weighted by atomic mass is 32.2. The average Bonchev–Trinajstić information content (AvgIpc) is 3.61. The largest absolute Gasteiger partial charge is 0.325 e. The molecule has 2 saturated carbocycles. The summed E-state index contributed by atoms with van der Waals surface area (Å²) < 4.78 is 1.75. The third-order valence-electron chi connectivity index (χ3n) is 9.16. The van der Waals surface area contributed by atoms with Crippen molar-refractivity contribution in [1.82, 2.24) is 4.57 Å². The molecule has 1 aliphatic heterocycles. The maximum Gasteiger partial charge on any atom is 0.308 e. The molecule has 2 aliphatic carbocycles. The van der Waals surface area contributed by atoms with Crippen LogP contribution in [0.15, 0.2) is 76.6 Å². The predicted octanol–water partition coefficient (Wildman–Crippen LogP) is 7.65. The fourth-order valence-corrected chi connectivity index (χ4v) is 10.4. The molecule has 1 amide bonds. The van der Waals surface area contributed by atoms with Crippen LogP contribution in [0, 0.1) is 17.8 Å². The average molecular weight is 555 g/mol. The summed E-state index contributed by atoms with van der Waals surface area (Å²) in [5, 5.41) is 6.80. The number of rotatable bonds is 4. The van der Waals surface area contributed by atoms with Crippen LogP contribution in [-0.4, -0.2) is 15.7 Å². The first kappa shape index (κ1) is 25.2. The summed E-state index contributed by atoms with van der Waals surface area (Å²) in [7, 11) is 0. The molecule has 2 bridgehead atoms. The van der Waals surface area contributed by atoms with Crippen LogP contribution >= 0.6 is 23.1 Å². The third kappa shape index (κ3) is 4.36. The Balaban J connectivity index is 1.22. The molecule has 4 nitrogen and oxygen atoms in total. The van der Waals surface area contributed by atoms with Gasteiger partial charge in [0, 0.05) is 21.7 Å². The summed E-state index contributed by atoms with van der Waals surface area (Å²) in [4.78, 5) is 27.8. The van der Waals surface area contributed by atoms with Gasteiger partial charge in [-0.15, -0.1) is 11.8 Å². The molecule has 0 saturated heterocycles. The minimum atomic E-state index is -0.158. The number of thioether (sulfide) groups is 1. The number of benzene rings is 3. The molecule has 3 aromatic carbocycles. The summed E-state index contributed by atoms with van der Waals surface area (Å²) in [5.74, 6) is 2.09. The van der Waals surface area contributed by atoms with Crippen molar-refractivity contribution in [3.05, 3.63) is 92.4 Å². The van der Waals surface area contributed by atoms with Crippen molar-refractivity contribution in [2.75, 3.05) is 5.32 Å². The lowest BCUT2D eigenvalue weighted by Gasteiger charge is -2.40. The van der Waals surface area contributed by atoms with Crippen molar-refractivity contribution >= 4 is 45.5 Å². The molecule has 7 rings (SSSR count). The number of anilines is 1. The van der Waals surface area contributed by atoms with Crippen molar-refractivity contribution in [3.8, 4) is 0 Å². The quantitative estimate of drug-likeness (QED) is 0.282. The van der Waals surface area contributed by atoms with Gasteiger partial charge in [0.1, 0.15) is 6.54 Å². The van der Waals surface area contributed by atoms with E-state index in [4.69, 9.17) is 0 Å². The molecule has 0 spiro atoms. The summed E-state index contributed by atoms with van der Waals surface area (Å²) in [5.41, 5.74) is 3.51. The lowest BCUT2D eigenvalue weighted by Crippen LogP contribution is -2.35. The molecule has 2 heterocycles. The minimum Gasteiger partial charge on any atom is -0.325 e. The van der Waals surface area contributed by atoms with Crippen molar-refractivity contribution < 1.29 is 4.79 Å². The highest BCUT2D eigenvalue weighted by Gasteiger charge is 2.55. The van der Waals surface area contributed by atoms with Crippen LogP contribution in [0.2, 0.25) is 0 Å². The normalized spacial score (nSPS) is 25.5. The summed E-state index contributed by atoms with van der Waals surface area (Å²) >= 11 is 3.25. The van der Waals surface area contributed by atoms with Gasteiger partial charge in [-0.3, -0.25) is 14.2 Å². The Bertz CT molecular complexity index is 1630. The lowest BCUT2D eigenvalue weighted by molar-refractivity contribution is -0.116. The second kappa shape index (κ2) is 9.38. The number of nitrogens with zero attached hydrogens (tertiary/aromatic N) is 1. The van der Waals surface area contributed by atoms with E-state index in [1.54, 1.807) is 4.57 Å². The monoisotopic (exact) mass is 554 g/mol. The molecule has 3 aliphatic rings. The Labute approximate surface area is 237 Å². The summed E-state index contributed by atoms with van der Waals surface area (Å²) in [6.07, 6.45) is 3.91. The minimum absolute atomic E-state index is 0.0233. The highest BCUT2D eigenvalue weighted by molar-refractivity contribution is 8.00. The van der Waals surface area contributed by atoms with Crippen LogP contribution in [-0.2, 0) is 16.8 Å². The topological polar surface area (TPSA) is 51.1 Å². The maximum atomic E-state index is 13.4. The van der Waals surface area contributed by atoms with E-state index in [1.807, 2.05) is 48.2 Å². The molecule has 39 heavy (non-hydrogen) atoms. The van der Waals surface area contributed by atoms with Gasteiger partial charge in [-0.1, -0.05) is 86.7 Å². The summed E-state index contributed by atoms with van der Waals surface area (Å²) in [6, 6.07) is 23.2. The molecule has 0 radical (unpaired) electrons. The first-order valence-corrected chi connectivity index (χ1v) is 15.7. The molecule has 6 heteroatoms. The van der Waals surface area contributed by atoms with Gasteiger partial charge in [-0.05, 0) is 76.5 Å². The second-order valence-corrected chi connectivity index (χ2v) is 14.7. The number of carbonyl (C=O) groups excluding carboxylic acids is 1. The Morgan fingerprint density at radius 2 is 1.72 bits per heavy atom. The number of aromatic nitrogens is 1. The second-order valence-electron chi connectivity index (χ2n) is 12.6. The van der Waals surface area contributed by atoms with Crippen LogP contribution < -0.4 is 10.2 Å². The van der Waals surface area contributed by atoms with Crippen LogP contribution in [0.5, 0.6) is 0 Å². The molecule has 5 unspecified atom stereocenters. The van der Waals surface area contributed by atoms with E-state index < -0.39 is 0 Å². The number of thiazole rings is 1. The zero-order valence-corrected chi connectivity index (χ0v) is 24.3. The third-order valence-corrected chi connectivity index (χ3v) is 12.0. The van der Waals surface area contributed by atoms with Gasteiger partial charge in [0.05, 0.1) is 5.03 Å². The van der Waals surface area contributed by atoms with E-state index in [2.05, 4.69) is 56.4 Å². The molecule has 1 aromatic heterocycles. The van der Waals surface area contributed by atoms with Crippen molar-refractivity contribution in [3.63, 3.8) is 0 Å². The number of carbonyl (C=O) groups is 1. The van der Waals surface area contributed by atoms with E-state index in [-0.39, 0.29) is 28.7 Å². The van der Waals surface area contributed by atoms with Crippen LogP contribution in [0.1, 0.15) is 62.0 Å². The zero-order valence-electron chi connectivity index (χ0n) is 22.6. The van der Waals surface area contributed by atoms with Gasteiger partial charge in [-0.25, -0.2) is 0 Å². The smallest absolute Gasteiger partial charge is 0.308 e. The van der Waals surface area contributed by atoms with Crippen LogP contribution in [0.4, 0.5) is 5.69 Å². The number of nitrogens with one attached hydrogen (secondary N) is 1. The number of hydrogen-bond acceptors (Lipinski definition) is 4. The maximum absolute atomic E-state index is 13.4. The molecule has 200 valence electrons. The van der Waals surface area contributed by atoms with Crippen LogP contribution in [0.25, 0.3) is 10.8 Å². The van der Waals surface area contributed by atoms with Crippen molar-refractivity contribution in [2.45, 2.75) is 68.2 Å². The fourth-order valence-electron chi connectivity index (χ4n) is 7.26. The predicted molar refractivity (Wildman–Crippen MR) is 162 cm³/mol.